The Labute approximate surface area is 452 Å². The minimum atomic E-state index is -2.86. The molecule has 2 aromatic heterocycles. The maximum atomic E-state index is 16.5. The maximum Gasteiger partial charge on any atom is 0.200 e. The number of allylic oxidation sites excluding steroid dienone is 6. The first-order valence-corrected chi connectivity index (χ1v) is 23.2. The Morgan fingerprint density at radius 3 is 1.04 bits per heavy atom. The van der Waals surface area contributed by atoms with Gasteiger partial charge in [-0.2, -0.15) is 0 Å². The highest BCUT2D eigenvalue weighted by Crippen LogP contribution is 2.52. The van der Waals surface area contributed by atoms with Crippen molar-refractivity contribution in [3.63, 3.8) is 0 Å². The molecule has 0 saturated heterocycles. The van der Waals surface area contributed by atoms with E-state index in [1.807, 2.05) is 0 Å². The number of aromatic amines is 1. The van der Waals surface area contributed by atoms with Crippen LogP contribution in [0.5, 0.6) is 0 Å². The highest BCUT2D eigenvalue weighted by Gasteiger charge is 2.48. The number of benzene rings is 5. The van der Waals surface area contributed by atoms with Crippen LogP contribution in [0.2, 0.25) is 0 Å². The van der Waals surface area contributed by atoms with E-state index >= 15 is 87.8 Å². The van der Waals surface area contributed by atoms with Gasteiger partial charge in [0.05, 0.1) is 68.1 Å². The lowest BCUT2D eigenvalue weighted by molar-refractivity contribution is 0.366. The number of H-pyrrole nitrogens is 1. The molecule has 0 aliphatic carbocycles. The van der Waals surface area contributed by atoms with Gasteiger partial charge in [-0.15, -0.1) is 0 Å². The monoisotopic (exact) mass is 1220 g/mol. The van der Waals surface area contributed by atoms with Gasteiger partial charge in [-0.1, -0.05) is 0 Å². The van der Waals surface area contributed by atoms with E-state index in [4.69, 9.17) is 0 Å². The molecule has 0 amide bonds. The Morgan fingerprint density at radius 1 is 0.318 bits per heavy atom. The third kappa shape index (κ3) is 7.60. The van der Waals surface area contributed by atoms with E-state index in [0.717, 1.165) is 0 Å². The number of aromatic nitrogens is 2. The second-order valence-electron chi connectivity index (χ2n) is 18.5. The average molecular weight is 1220 g/mol. The zero-order chi connectivity index (χ0) is 61.3. The Kier molecular flexibility index (Phi) is 12.6. The summed E-state index contributed by atoms with van der Waals surface area (Å²) in [7, 11) is 0. The number of nitrogens with one attached hydrogen (secondary N) is 1. The van der Waals surface area contributed by atoms with Gasteiger partial charge in [-0.3, -0.25) is 4.99 Å². The number of rotatable bonds is 5. The first kappa shape index (κ1) is 55.9. The fraction of sp³-hybridized carbons (Fsp3) is 0.0364. The molecule has 2 unspecified atom stereocenters. The number of hydrogen-bond acceptors (Lipinski definition) is 3. The molecule has 85 heavy (non-hydrogen) atoms. The van der Waals surface area contributed by atoms with Crippen LogP contribution in [0.15, 0.2) is 81.0 Å². The second-order valence-corrected chi connectivity index (χ2v) is 18.5. The topological polar surface area (TPSA) is 57.8 Å². The average Bonchev–Trinajstić information content (AvgIpc) is 1.71. The van der Waals surface area contributed by atoms with Crippen LogP contribution in [0.4, 0.5) is 110 Å². The van der Waals surface area contributed by atoms with Crippen LogP contribution < -0.4 is 10.7 Å². The van der Waals surface area contributed by atoms with Gasteiger partial charge in [0.2, 0.25) is 29.1 Å². The summed E-state index contributed by atoms with van der Waals surface area (Å²) in [5, 5.41) is -2.27. The van der Waals surface area contributed by atoms with Crippen molar-refractivity contribution in [2.75, 3.05) is 0 Å². The number of halogens is 25. The van der Waals surface area contributed by atoms with Crippen molar-refractivity contribution in [1.82, 2.24) is 9.55 Å². The number of aliphatic imine (C=N–C) groups is 3. The Bertz CT molecular complexity index is 4630. The van der Waals surface area contributed by atoms with Crippen molar-refractivity contribution in [3.05, 3.63) is 261 Å². The molecule has 5 aromatic carbocycles. The molecular weight excluding hydrogens is 1210 g/mol. The molecule has 8 bridgehead atoms. The second kappa shape index (κ2) is 19.2. The maximum absolute atomic E-state index is 16.5. The minimum absolute atomic E-state index is 0.444. The fourth-order valence-electron chi connectivity index (χ4n) is 10.4. The molecule has 7 heterocycles. The summed E-state index contributed by atoms with van der Waals surface area (Å²) in [4.78, 5) is 14.2. The standard InChI is InChI=1S/C55H12F25N5/c56-30-25(31(57)41(67)50(76)40(30)66)20-10-1-2-11(81-10)21(26-32(58)42(68)51(77)43(69)33(26)59)13-5-6-15(83-13)23(28-36(62)46(72)53(79)47(73)37(28)63)17-7-8-18-24(29-38(64)48(74)54(80)49(75)39(29)65)55-19(85(17)18)9-16(84-55)22(14-4-3-12(20)82-14)27-34(60)44(70)52(78)45(71)35(27)61/h1-9,24,55,82H. The quantitative estimate of drug-likeness (QED) is 0.101. The molecule has 0 spiro atoms. The van der Waals surface area contributed by atoms with Crippen LogP contribution in [0.3, 0.4) is 0 Å². The summed E-state index contributed by atoms with van der Waals surface area (Å²) in [6, 6.07) is -0.234. The molecular formula is C55H12F25N5. The van der Waals surface area contributed by atoms with Crippen LogP contribution in [0, 0.1) is 145 Å². The summed E-state index contributed by atoms with van der Waals surface area (Å²) in [6.45, 7) is 0. The lowest BCUT2D eigenvalue weighted by Gasteiger charge is -2.18. The minimum Gasteiger partial charge on any atom is -0.354 e. The highest BCUT2D eigenvalue weighted by molar-refractivity contribution is 6.35. The number of fused-ring (bicyclic) bond motifs is 5. The van der Waals surface area contributed by atoms with Crippen molar-refractivity contribution in [3.8, 4) is 0 Å². The van der Waals surface area contributed by atoms with Crippen molar-refractivity contribution < 1.29 is 110 Å². The van der Waals surface area contributed by atoms with E-state index < -0.39 is 264 Å². The van der Waals surface area contributed by atoms with Crippen LogP contribution >= 0.6 is 0 Å². The van der Waals surface area contributed by atoms with Crippen LogP contribution in [0.25, 0.3) is 28.0 Å². The first-order chi connectivity index (χ1) is 40.1. The van der Waals surface area contributed by atoms with Gasteiger partial charge in [-0.25, -0.2) is 120 Å². The number of hydrogen-bond donors (Lipinski definition) is 1. The van der Waals surface area contributed by atoms with E-state index in [1.165, 1.54) is 0 Å². The van der Waals surface area contributed by atoms with Crippen molar-refractivity contribution in [2.45, 2.75) is 12.0 Å². The molecule has 5 aliphatic rings. The molecule has 0 fully saturated rings. The van der Waals surface area contributed by atoms with Crippen LogP contribution in [-0.4, -0.2) is 32.7 Å². The summed E-state index contributed by atoms with van der Waals surface area (Å²) >= 11 is 0. The SMILES string of the molecule is Fc1c(F)c(F)c(C2=C3C=CC(=N3)C(c3c(F)c(F)c(F)c(F)c3F)=c3ccc([nH]3)=C(c3c(F)c(F)c(F)c(F)c3F)C3=NC4C(=C3)n3c(ccc3C4c3c(F)c(F)c(F)c(F)c3F)C(c3c(F)c(F)c(F)c(F)c3F)=C3C=CC2=N3)c(F)c1F. The molecule has 0 radical (unpaired) electrons. The summed E-state index contributed by atoms with van der Waals surface area (Å²) in [6.07, 6.45) is 2.34. The van der Waals surface area contributed by atoms with E-state index in [-0.39, 0.29) is 0 Å². The normalized spacial score (nSPS) is 17.0. The van der Waals surface area contributed by atoms with Gasteiger partial charge >= 0.3 is 0 Å². The molecule has 7 aromatic rings. The molecule has 0 saturated carbocycles. The zero-order valence-electron chi connectivity index (χ0n) is 40.1. The Morgan fingerprint density at radius 2 is 0.635 bits per heavy atom. The third-order valence-electron chi connectivity index (χ3n) is 14.1. The summed E-state index contributed by atoms with van der Waals surface area (Å²) in [5.74, 6) is -71.8. The predicted molar refractivity (Wildman–Crippen MR) is 244 cm³/mol. The van der Waals surface area contributed by atoms with E-state index in [0.29, 0.717) is 59.2 Å². The van der Waals surface area contributed by atoms with Crippen LogP contribution in [0.1, 0.15) is 45.1 Å². The van der Waals surface area contributed by atoms with E-state index in [2.05, 4.69) is 20.0 Å². The predicted octanol–water partition coefficient (Wildman–Crippen LogP) is 13.4. The van der Waals surface area contributed by atoms with E-state index in [9.17, 15) is 22.0 Å². The third-order valence-corrected chi connectivity index (χ3v) is 14.1. The first-order valence-electron chi connectivity index (χ1n) is 23.2. The summed E-state index contributed by atoms with van der Waals surface area (Å²) < 4.78 is 390. The Hall–Kier alpha value is -9.64. The summed E-state index contributed by atoms with van der Waals surface area (Å²) in [5.41, 5.74) is -25.2. The molecule has 2 atom stereocenters. The molecule has 30 heteroatoms. The molecule has 432 valence electrons. The zero-order valence-corrected chi connectivity index (χ0v) is 40.1. The number of nitrogens with zero attached hydrogens (tertiary/aromatic N) is 4. The molecule has 1 N–H and O–H groups in total. The molecule has 5 aliphatic heterocycles. The van der Waals surface area contributed by atoms with Crippen molar-refractivity contribution in [2.24, 2.45) is 15.0 Å². The lowest BCUT2D eigenvalue weighted by Crippen LogP contribution is -2.24. The molecule has 12 rings (SSSR count). The highest BCUT2D eigenvalue weighted by atomic mass is 19.2. The van der Waals surface area contributed by atoms with Gasteiger partial charge in [0, 0.05) is 44.2 Å². The smallest absolute Gasteiger partial charge is 0.200 e. The Balaban J connectivity index is 1.34. The van der Waals surface area contributed by atoms with Gasteiger partial charge in [-0.05, 0) is 54.6 Å². The largest absolute Gasteiger partial charge is 0.354 e. The van der Waals surface area contributed by atoms with Crippen molar-refractivity contribution in [1.29, 1.82) is 0 Å². The fourth-order valence-corrected chi connectivity index (χ4v) is 10.4. The van der Waals surface area contributed by atoms with Gasteiger partial charge in [0.1, 0.15) is 6.04 Å². The lowest BCUT2D eigenvalue weighted by atomic mass is 9.89. The van der Waals surface area contributed by atoms with Gasteiger partial charge < -0.3 is 9.55 Å². The van der Waals surface area contributed by atoms with Gasteiger partial charge in [0.25, 0.3) is 0 Å². The van der Waals surface area contributed by atoms with Gasteiger partial charge in [0.15, 0.2) is 116 Å². The molecule has 5 nitrogen and oxygen atoms in total. The van der Waals surface area contributed by atoms with E-state index in [1.54, 1.807) is 0 Å². The van der Waals surface area contributed by atoms with Crippen LogP contribution in [-0.2, 0) is 0 Å². The van der Waals surface area contributed by atoms with Crippen molar-refractivity contribution >= 4 is 45.1 Å².